The summed E-state index contributed by atoms with van der Waals surface area (Å²) in [5.41, 5.74) is 3.46. The van der Waals surface area contributed by atoms with Crippen LogP contribution >= 0.6 is 0 Å². The number of aryl methyl sites for hydroxylation is 1. The Bertz CT molecular complexity index is 1840. The normalized spacial score (nSPS) is 27.3. The standard InChI is InChI=1S/C41H51N3O14/c1-22-5-11-27(12-6-22)56-28-15-9-25(10-16-28)33(24-7-13-26(53-3)14-8-24)43-20-19-42-30(46)17-18-31(47)44-32-23(2)55-29(21-45)34(48)37(32)57-41-36(50)35(49)38(54-4)39(58-41)40(51)52/h5-16,23,29,32,34-39,41,45,48-50H,17-21H2,1-4H3,(H,42,46)(H,44,47)(H,51,52)/t23-,29?,32+,34+,35?,36-,37?,38-,39?,41+/m0/s1. The molecule has 2 aliphatic rings. The van der Waals surface area contributed by atoms with E-state index in [9.17, 15) is 39.9 Å². The van der Waals surface area contributed by atoms with Crippen molar-refractivity contribution in [2.45, 2.75) is 87.9 Å². The number of carboxylic acids is 1. The SMILES string of the molecule is COc1ccc(C(=NCCNC(=O)CCC(=O)N[C@H]2C(O[C@@H]3OC(C(=O)O)[C@@H](OC)C(O)[C@@H]3O)[C@H](O)C(CO)O[C@H]2C)c2ccc(Oc3ccc(C)cc3)cc2)cc1. The molecule has 3 aromatic rings. The number of aliphatic hydroxyl groups excluding tert-OH is 4. The van der Waals surface area contributed by atoms with Crippen LogP contribution in [-0.2, 0) is 33.3 Å². The van der Waals surface area contributed by atoms with Gasteiger partial charge in [-0.25, -0.2) is 4.79 Å². The van der Waals surface area contributed by atoms with Crippen LogP contribution in [0.25, 0.3) is 0 Å². The Morgan fingerprint density at radius 1 is 0.776 bits per heavy atom. The number of carbonyl (C=O) groups excluding carboxylic acids is 2. The maximum absolute atomic E-state index is 13.1. The van der Waals surface area contributed by atoms with E-state index in [-0.39, 0.29) is 25.9 Å². The minimum Gasteiger partial charge on any atom is -0.497 e. The molecule has 17 nitrogen and oxygen atoms in total. The number of nitrogens with one attached hydrogen (secondary N) is 2. The molecule has 17 heteroatoms. The lowest BCUT2D eigenvalue weighted by atomic mass is 9.92. The molecular formula is C41H51N3O14. The van der Waals surface area contributed by atoms with Gasteiger partial charge in [-0.05, 0) is 74.5 Å². The third-order valence-corrected chi connectivity index (χ3v) is 9.86. The molecule has 2 aliphatic heterocycles. The van der Waals surface area contributed by atoms with Gasteiger partial charge in [0.1, 0.15) is 53.9 Å². The van der Waals surface area contributed by atoms with Gasteiger partial charge in [0, 0.05) is 37.6 Å². The highest BCUT2D eigenvalue weighted by atomic mass is 16.7. The summed E-state index contributed by atoms with van der Waals surface area (Å²) >= 11 is 0. The van der Waals surface area contributed by atoms with Crippen LogP contribution in [-0.4, -0.2) is 144 Å². The van der Waals surface area contributed by atoms with Crippen molar-refractivity contribution in [3.05, 3.63) is 89.5 Å². The third-order valence-electron chi connectivity index (χ3n) is 9.86. The largest absolute Gasteiger partial charge is 0.497 e. The second-order valence-electron chi connectivity index (χ2n) is 13.9. The lowest BCUT2D eigenvalue weighted by molar-refractivity contribution is -0.327. The fraction of sp³-hybridized carbons (Fsp3) is 0.463. The molecule has 7 N–H and O–H groups in total. The second-order valence-corrected chi connectivity index (χ2v) is 13.9. The summed E-state index contributed by atoms with van der Waals surface area (Å²) in [6.45, 7) is 3.31. The van der Waals surface area contributed by atoms with E-state index >= 15 is 0 Å². The number of benzene rings is 3. The van der Waals surface area contributed by atoms with E-state index in [0.29, 0.717) is 23.0 Å². The first-order chi connectivity index (χ1) is 27.8. The molecule has 0 aliphatic carbocycles. The number of aliphatic imine (C=N–C) groups is 1. The number of ether oxygens (including phenoxy) is 6. The van der Waals surface area contributed by atoms with Crippen molar-refractivity contribution in [3.8, 4) is 17.2 Å². The number of amides is 2. The van der Waals surface area contributed by atoms with Crippen molar-refractivity contribution < 1.29 is 68.3 Å². The molecule has 0 spiro atoms. The average molecular weight is 810 g/mol. The topological polar surface area (TPSA) is 244 Å². The zero-order valence-electron chi connectivity index (χ0n) is 32.6. The summed E-state index contributed by atoms with van der Waals surface area (Å²) in [7, 11) is 2.72. The highest BCUT2D eigenvalue weighted by Crippen LogP contribution is 2.30. The van der Waals surface area contributed by atoms with E-state index in [0.717, 1.165) is 23.8 Å². The highest BCUT2D eigenvalue weighted by molar-refractivity contribution is 6.13. The van der Waals surface area contributed by atoms with Crippen LogP contribution in [0.5, 0.6) is 17.2 Å². The van der Waals surface area contributed by atoms with Gasteiger partial charge in [-0.2, -0.15) is 0 Å². The van der Waals surface area contributed by atoms with E-state index < -0.39 is 85.6 Å². The summed E-state index contributed by atoms with van der Waals surface area (Å²) < 4.78 is 33.2. The van der Waals surface area contributed by atoms with Gasteiger partial charge in [-0.1, -0.05) is 17.7 Å². The predicted octanol–water partition coefficient (Wildman–Crippen LogP) is 1.09. The zero-order chi connectivity index (χ0) is 41.9. The number of carbonyl (C=O) groups is 3. The number of nitrogens with zero attached hydrogens (tertiary/aromatic N) is 1. The Kier molecular flexibility index (Phi) is 15.7. The van der Waals surface area contributed by atoms with Gasteiger partial charge in [0.2, 0.25) is 11.8 Å². The molecule has 10 atom stereocenters. The van der Waals surface area contributed by atoms with E-state index in [4.69, 9.17) is 33.4 Å². The highest BCUT2D eigenvalue weighted by Gasteiger charge is 2.52. The minimum absolute atomic E-state index is 0.170. The maximum Gasteiger partial charge on any atom is 0.335 e. The molecule has 2 saturated heterocycles. The quantitative estimate of drug-likeness (QED) is 0.0746. The Labute approximate surface area is 335 Å². The maximum atomic E-state index is 13.1. The Morgan fingerprint density at radius 2 is 1.36 bits per heavy atom. The fourth-order valence-electron chi connectivity index (χ4n) is 6.67. The van der Waals surface area contributed by atoms with Crippen molar-refractivity contribution in [1.82, 2.24) is 10.6 Å². The van der Waals surface area contributed by atoms with Crippen molar-refractivity contribution >= 4 is 23.5 Å². The first-order valence-corrected chi connectivity index (χ1v) is 18.8. The van der Waals surface area contributed by atoms with E-state index in [1.807, 2.05) is 79.7 Å². The summed E-state index contributed by atoms with van der Waals surface area (Å²) in [5.74, 6) is -0.470. The van der Waals surface area contributed by atoms with E-state index in [1.54, 1.807) is 14.0 Å². The summed E-state index contributed by atoms with van der Waals surface area (Å²) in [6.07, 6.45) is -14.0. The Morgan fingerprint density at radius 3 is 1.93 bits per heavy atom. The van der Waals surface area contributed by atoms with Crippen LogP contribution in [0, 0.1) is 6.92 Å². The molecule has 5 rings (SSSR count). The molecule has 2 amide bonds. The lowest BCUT2D eigenvalue weighted by Gasteiger charge is -2.47. The molecule has 0 aromatic heterocycles. The van der Waals surface area contributed by atoms with E-state index in [1.165, 1.54) is 0 Å². The molecule has 2 heterocycles. The van der Waals surface area contributed by atoms with Crippen molar-refractivity contribution in [1.29, 1.82) is 0 Å². The molecular weight excluding hydrogens is 758 g/mol. The number of rotatable bonds is 17. The van der Waals surface area contributed by atoms with Crippen molar-refractivity contribution in [2.75, 3.05) is 33.9 Å². The van der Waals surface area contributed by atoms with Gasteiger partial charge in [-0.3, -0.25) is 14.6 Å². The van der Waals surface area contributed by atoms with Crippen LogP contribution in [0.3, 0.4) is 0 Å². The predicted molar refractivity (Wildman–Crippen MR) is 207 cm³/mol. The number of hydrogen-bond donors (Lipinski definition) is 7. The molecule has 314 valence electrons. The Hall–Kier alpha value is -4.98. The molecule has 0 bridgehead atoms. The first-order valence-electron chi connectivity index (χ1n) is 18.8. The lowest BCUT2D eigenvalue weighted by Crippen LogP contribution is -2.67. The molecule has 4 unspecified atom stereocenters. The zero-order valence-corrected chi connectivity index (χ0v) is 32.6. The van der Waals surface area contributed by atoms with Gasteiger partial charge >= 0.3 is 5.97 Å². The van der Waals surface area contributed by atoms with Gasteiger partial charge in [0.15, 0.2) is 12.4 Å². The van der Waals surface area contributed by atoms with Crippen LogP contribution < -0.4 is 20.1 Å². The molecule has 0 radical (unpaired) electrons. The van der Waals surface area contributed by atoms with Gasteiger partial charge in [-0.15, -0.1) is 0 Å². The monoisotopic (exact) mass is 809 g/mol. The second kappa shape index (κ2) is 20.6. The van der Waals surface area contributed by atoms with Crippen LogP contribution in [0.1, 0.15) is 36.5 Å². The fourth-order valence-corrected chi connectivity index (χ4v) is 6.67. The molecule has 2 fully saturated rings. The van der Waals surface area contributed by atoms with Crippen molar-refractivity contribution in [2.24, 2.45) is 4.99 Å². The van der Waals surface area contributed by atoms with Crippen LogP contribution in [0.15, 0.2) is 77.8 Å². The number of carboxylic acid groups (broad SMARTS) is 1. The summed E-state index contributed by atoms with van der Waals surface area (Å²) in [5, 5.41) is 57.1. The van der Waals surface area contributed by atoms with Crippen LogP contribution in [0.4, 0.5) is 0 Å². The number of hydrogen-bond acceptors (Lipinski definition) is 14. The first kappa shape index (κ1) is 44.1. The van der Waals surface area contributed by atoms with Crippen molar-refractivity contribution in [3.63, 3.8) is 0 Å². The van der Waals surface area contributed by atoms with Gasteiger partial charge in [0.05, 0.1) is 38.1 Å². The summed E-state index contributed by atoms with van der Waals surface area (Å²) in [6, 6.07) is 21.6. The van der Waals surface area contributed by atoms with Gasteiger partial charge in [0.25, 0.3) is 0 Å². The minimum atomic E-state index is -1.81. The number of aliphatic hydroxyl groups is 4. The smallest absolute Gasteiger partial charge is 0.335 e. The number of methoxy groups -OCH3 is 2. The third kappa shape index (κ3) is 11.1. The molecule has 3 aromatic carbocycles. The number of aliphatic carboxylic acids is 1. The molecule has 58 heavy (non-hydrogen) atoms. The average Bonchev–Trinajstić information content (AvgIpc) is 3.22. The Balaban J connectivity index is 1.18. The van der Waals surface area contributed by atoms with Crippen LogP contribution in [0.2, 0.25) is 0 Å². The van der Waals surface area contributed by atoms with Gasteiger partial charge < -0.3 is 64.6 Å². The summed E-state index contributed by atoms with van der Waals surface area (Å²) in [4.78, 5) is 42.6. The molecule has 0 saturated carbocycles. The van der Waals surface area contributed by atoms with E-state index in [2.05, 4.69) is 10.6 Å².